The molecule has 0 aromatic rings. The summed E-state index contributed by atoms with van der Waals surface area (Å²) >= 11 is 8.26. The molecule has 48 valence electrons. The molecule has 0 N–H and O–H groups in total. The summed E-state index contributed by atoms with van der Waals surface area (Å²) in [5, 5.41) is -0.319. The Morgan fingerprint density at radius 2 is 2.00 bits per heavy atom. The second-order valence-electron chi connectivity index (χ2n) is 1.95. The van der Waals surface area contributed by atoms with Gasteiger partial charge in [-0.2, -0.15) is 0 Å². The Kier molecular flexibility index (Phi) is 3.65. The molecule has 0 rings (SSSR count). The van der Waals surface area contributed by atoms with E-state index in [4.69, 9.17) is 11.6 Å². The quantitative estimate of drug-likeness (QED) is 0.492. The Labute approximate surface area is 62.5 Å². The van der Waals surface area contributed by atoms with Crippen LogP contribution in [-0.2, 0) is 4.79 Å². The molecular formula is C5H8BrClO. The predicted molar refractivity (Wildman–Crippen MR) is 38.4 cm³/mol. The Bertz CT molecular complexity index is 92.4. The van der Waals surface area contributed by atoms with Crippen LogP contribution in [0.1, 0.15) is 13.8 Å². The fourth-order valence-electron chi connectivity index (χ4n) is 0.262. The van der Waals surface area contributed by atoms with Gasteiger partial charge in [0.1, 0.15) is 0 Å². The Hall–Kier alpha value is 0.440. The molecule has 1 nitrogen and oxygen atoms in total. The van der Waals surface area contributed by atoms with Crippen molar-refractivity contribution in [2.75, 3.05) is 0 Å². The Morgan fingerprint density at radius 3 is 2.00 bits per heavy atom. The van der Waals surface area contributed by atoms with Crippen molar-refractivity contribution in [3.63, 3.8) is 0 Å². The van der Waals surface area contributed by atoms with Gasteiger partial charge in [-0.25, -0.2) is 0 Å². The zero-order valence-electron chi connectivity index (χ0n) is 4.82. The van der Waals surface area contributed by atoms with E-state index in [2.05, 4.69) is 15.9 Å². The van der Waals surface area contributed by atoms with E-state index in [-0.39, 0.29) is 16.0 Å². The van der Waals surface area contributed by atoms with Gasteiger partial charge in [-0.15, -0.1) is 0 Å². The van der Waals surface area contributed by atoms with Gasteiger partial charge >= 0.3 is 0 Å². The highest BCUT2D eigenvalue weighted by atomic mass is 79.9. The molecule has 0 saturated heterocycles. The van der Waals surface area contributed by atoms with Crippen molar-refractivity contribution in [3.8, 4) is 0 Å². The van der Waals surface area contributed by atoms with Gasteiger partial charge in [0.25, 0.3) is 0 Å². The van der Waals surface area contributed by atoms with E-state index in [9.17, 15) is 4.79 Å². The van der Waals surface area contributed by atoms with E-state index in [1.165, 1.54) is 0 Å². The maximum atomic E-state index is 10.3. The molecule has 0 amide bonds. The first-order valence-electron chi connectivity index (χ1n) is 2.39. The van der Waals surface area contributed by atoms with E-state index in [1.54, 1.807) is 0 Å². The number of hydrogen-bond donors (Lipinski definition) is 0. The molecule has 0 bridgehead atoms. The van der Waals surface area contributed by atoms with Crippen molar-refractivity contribution in [1.29, 1.82) is 0 Å². The van der Waals surface area contributed by atoms with Crippen LogP contribution in [0.5, 0.6) is 0 Å². The van der Waals surface area contributed by atoms with Crippen molar-refractivity contribution < 1.29 is 4.79 Å². The number of alkyl halides is 1. The Morgan fingerprint density at radius 1 is 1.62 bits per heavy atom. The van der Waals surface area contributed by atoms with Gasteiger partial charge < -0.3 is 0 Å². The van der Waals surface area contributed by atoms with Crippen LogP contribution in [0.2, 0.25) is 0 Å². The third-order valence-electron chi connectivity index (χ3n) is 0.802. The second kappa shape index (κ2) is 3.46. The van der Waals surface area contributed by atoms with Crippen LogP contribution in [0.25, 0.3) is 0 Å². The first kappa shape index (κ1) is 8.44. The van der Waals surface area contributed by atoms with Crippen LogP contribution in [0.4, 0.5) is 0 Å². The fourth-order valence-corrected chi connectivity index (χ4v) is 0.514. The first-order valence-corrected chi connectivity index (χ1v) is 3.68. The average molecular weight is 199 g/mol. The summed E-state index contributed by atoms with van der Waals surface area (Å²) < 4.78 is 0. The molecule has 0 aliphatic heterocycles. The third-order valence-corrected chi connectivity index (χ3v) is 2.77. The number of rotatable bonds is 2. The zero-order chi connectivity index (χ0) is 6.73. The normalized spacial score (nSPS) is 14.1. The number of carbonyl (C=O) groups is 1. The van der Waals surface area contributed by atoms with Gasteiger partial charge in [0.05, 0.1) is 4.83 Å². The van der Waals surface area contributed by atoms with E-state index in [1.807, 2.05) is 13.8 Å². The van der Waals surface area contributed by atoms with Gasteiger partial charge in [0, 0.05) is 0 Å². The van der Waals surface area contributed by atoms with Gasteiger partial charge in [0.15, 0.2) is 0 Å². The van der Waals surface area contributed by atoms with Gasteiger partial charge in [-0.3, -0.25) is 4.79 Å². The molecule has 0 unspecified atom stereocenters. The van der Waals surface area contributed by atoms with Crippen LogP contribution >= 0.6 is 27.5 Å². The summed E-state index contributed by atoms with van der Waals surface area (Å²) in [5.41, 5.74) is 0. The summed E-state index contributed by atoms with van der Waals surface area (Å²) in [6.07, 6.45) is 0. The van der Waals surface area contributed by atoms with Crippen molar-refractivity contribution in [2.45, 2.75) is 18.7 Å². The molecule has 0 radical (unpaired) electrons. The lowest BCUT2D eigenvalue weighted by Crippen LogP contribution is -2.13. The average Bonchev–Trinajstić information content (AvgIpc) is 1.64. The molecule has 0 aromatic carbocycles. The maximum absolute atomic E-state index is 10.3. The van der Waals surface area contributed by atoms with Crippen LogP contribution in [0.3, 0.4) is 0 Å². The van der Waals surface area contributed by atoms with Crippen LogP contribution in [0, 0.1) is 5.92 Å². The zero-order valence-corrected chi connectivity index (χ0v) is 7.16. The molecule has 0 spiro atoms. The van der Waals surface area contributed by atoms with E-state index >= 15 is 0 Å². The predicted octanol–water partition coefficient (Wildman–Crippen LogP) is 2.17. The van der Waals surface area contributed by atoms with Crippen molar-refractivity contribution >= 4 is 32.8 Å². The van der Waals surface area contributed by atoms with E-state index in [0.717, 1.165) is 0 Å². The molecule has 0 aliphatic carbocycles. The van der Waals surface area contributed by atoms with Crippen LogP contribution in [0.15, 0.2) is 0 Å². The smallest absolute Gasteiger partial charge is 0.235 e. The first-order chi connectivity index (χ1) is 3.55. The lowest BCUT2D eigenvalue weighted by Gasteiger charge is -2.05. The van der Waals surface area contributed by atoms with Gasteiger partial charge in [-0.1, -0.05) is 29.8 Å². The lowest BCUT2D eigenvalue weighted by molar-refractivity contribution is -0.111. The second-order valence-corrected chi connectivity index (χ2v) is 3.31. The van der Waals surface area contributed by atoms with E-state index in [0.29, 0.717) is 0 Å². The number of halogens is 2. The summed E-state index contributed by atoms with van der Waals surface area (Å²) in [6, 6.07) is 0. The molecule has 3 heteroatoms. The monoisotopic (exact) mass is 198 g/mol. The topological polar surface area (TPSA) is 17.1 Å². The molecule has 0 aromatic heterocycles. The molecular weight excluding hydrogens is 191 g/mol. The summed E-state index contributed by atoms with van der Waals surface area (Å²) in [4.78, 5) is 10.1. The molecule has 0 heterocycles. The number of hydrogen-bond acceptors (Lipinski definition) is 1. The molecule has 0 saturated carbocycles. The Balaban J connectivity index is 3.64. The van der Waals surface area contributed by atoms with Crippen LogP contribution in [-0.4, -0.2) is 10.1 Å². The summed E-state index contributed by atoms with van der Waals surface area (Å²) in [5.74, 6) is 0.278. The minimum absolute atomic E-state index is 0.191. The maximum Gasteiger partial charge on any atom is 0.235 e. The summed E-state index contributed by atoms with van der Waals surface area (Å²) in [6.45, 7) is 3.86. The molecule has 8 heavy (non-hydrogen) atoms. The largest absolute Gasteiger partial charge is 0.280 e. The number of carbonyl (C=O) groups excluding carboxylic acids is 1. The fraction of sp³-hybridized carbons (Fsp3) is 0.800. The van der Waals surface area contributed by atoms with Gasteiger partial charge in [-0.05, 0) is 17.5 Å². The van der Waals surface area contributed by atoms with Crippen molar-refractivity contribution in [3.05, 3.63) is 0 Å². The van der Waals surface area contributed by atoms with Crippen molar-refractivity contribution in [2.24, 2.45) is 5.92 Å². The van der Waals surface area contributed by atoms with E-state index < -0.39 is 0 Å². The third kappa shape index (κ3) is 2.68. The summed E-state index contributed by atoms with van der Waals surface area (Å²) in [7, 11) is 0. The standard InChI is InChI=1S/C5H8BrClO/c1-3(2)4(6)5(7)8/h3-4H,1-2H3/t4-/m1/s1. The highest BCUT2D eigenvalue weighted by Crippen LogP contribution is 2.13. The minimum atomic E-state index is -0.319. The molecule has 0 aliphatic rings. The highest BCUT2D eigenvalue weighted by Gasteiger charge is 2.14. The lowest BCUT2D eigenvalue weighted by atomic mass is 10.2. The SMILES string of the molecule is CC(C)[C@@H](Br)C(=O)Cl. The molecule has 1 atom stereocenters. The van der Waals surface area contributed by atoms with Crippen LogP contribution < -0.4 is 0 Å². The van der Waals surface area contributed by atoms with Crippen molar-refractivity contribution in [1.82, 2.24) is 0 Å². The minimum Gasteiger partial charge on any atom is -0.280 e. The van der Waals surface area contributed by atoms with Gasteiger partial charge in [0.2, 0.25) is 5.24 Å². The highest BCUT2D eigenvalue weighted by molar-refractivity contribution is 9.10. The molecule has 0 fully saturated rings.